The highest BCUT2D eigenvalue weighted by Gasteiger charge is 2.09. The van der Waals surface area contributed by atoms with Crippen molar-refractivity contribution in [1.29, 1.82) is 0 Å². The molecule has 1 rings (SSSR count). The summed E-state index contributed by atoms with van der Waals surface area (Å²) < 4.78 is 12.6. The molecule has 84 valence electrons. The summed E-state index contributed by atoms with van der Waals surface area (Å²) in [6.45, 7) is 4.13. The Hall–Kier alpha value is -1.00. The Balaban J connectivity index is 2.53. The largest absolute Gasteiger partial charge is 0.396 e. The van der Waals surface area contributed by atoms with Crippen LogP contribution in [0.3, 0.4) is 0 Å². The highest BCUT2D eigenvalue weighted by atomic mass is 19.1. The number of aliphatic hydroxyl groups excluding tert-OH is 1. The maximum atomic E-state index is 12.6. The van der Waals surface area contributed by atoms with Gasteiger partial charge in [0.15, 0.2) is 0 Å². The third-order valence-electron chi connectivity index (χ3n) is 2.29. The molecule has 0 bridgehead atoms. The van der Waals surface area contributed by atoms with E-state index in [1.54, 1.807) is 6.07 Å². The lowest BCUT2D eigenvalue weighted by Gasteiger charge is -2.18. The first-order chi connectivity index (χ1) is 7.13. The second kappa shape index (κ2) is 5.78. The second-order valence-electron chi connectivity index (χ2n) is 3.70. The predicted octanol–water partition coefficient (Wildman–Crippen LogP) is 1.64. The van der Waals surface area contributed by atoms with Gasteiger partial charge in [0, 0.05) is 18.7 Å². The van der Waals surface area contributed by atoms with Gasteiger partial charge in [0.2, 0.25) is 0 Å². The van der Waals surface area contributed by atoms with E-state index in [1.807, 2.05) is 13.8 Å². The summed E-state index contributed by atoms with van der Waals surface area (Å²) >= 11 is 0. The Morgan fingerprint density at radius 2 is 2.20 bits per heavy atom. The quantitative estimate of drug-likeness (QED) is 0.780. The van der Waals surface area contributed by atoms with E-state index in [-0.39, 0.29) is 24.5 Å². The number of nitrogens with zero attached hydrogens (tertiary/aromatic N) is 1. The molecule has 2 N–H and O–H groups in total. The molecule has 0 amide bonds. The number of rotatable bonds is 5. The van der Waals surface area contributed by atoms with Gasteiger partial charge in [0.1, 0.15) is 5.82 Å². The summed E-state index contributed by atoms with van der Waals surface area (Å²) in [5.74, 6) is -0.325. The fourth-order valence-corrected chi connectivity index (χ4v) is 1.43. The molecule has 2 atom stereocenters. The van der Waals surface area contributed by atoms with Crippen molar-refractivity contribution in [3.63, 3.8) is 0 Å². The molecule has 0 saturated heterocycles. The number of hydrogen-bond acceptors (Lipinski definition) is 3. The molecule has 0 aliphatic carbocycles. The van der Waals surface area contributed by atoms with Crippen molar-refractivity contribution >= 4 is 0 Å². The highest BCUT2D eigenvalue weighted by Crippen LogP contribution is 2.10. The van der Waals surface area contributed by atoms with Crippen molar-refractivity contribution in [3.05, 3.63) is 29.8 Å². The summed E-state index contributed by atoms with van der Waals surface area (Å²) in [6, 6.07) is 3.35. The SMILES string of the molecule is CC(CCO)NC(C)c1ccc(F)cn1. The van der Waals surface area contributed by atoms with Crippen LogP contribution in [0.15, 0.2) is 18.3 Å². The minimum Gasteiger partial charge on any atom is -0.396 e. The van der Waals surface area contributed by atoms with E-state index in [0.717, 1.165) is 5.69 Å². The van der Waals surface area contributed by atoms with E-state index in [0.29, 0.717) is 6.42 Å². The van der Waals surface area contributed by atoms with Crippen LogP contribution in [-0.4, -0.2) is 22.7 Å². The zero-order valence-electron chi connectivity index (χ0n) is 9.07. The minimum atomic E-state index is -0.325. The average molecular weight is 212 g/mol. The first-order valence-corrected chi connectivity index (χ1v) is 5.12. The minimum absolute atomic E-state index is 0.0622. The number of halogens is 1. The van der Waals surface area contributed by atoms with Crippen molar-refractivity contribution in [2.45, 2.75) is 32.4 Å². The van der Waals surface area contributed by atoms with Crippen molar-refractivity contribution < 1.29 is 9.50 Å². The number of pyridine rings is 1. The Kier molecular flexibility index (Phi) is 4.65. The average Bonchev–Trinajstić information content (AvgIpc) is 2.18. The number of hydrogen-bond donors (Lipinski definition) is 2. The molecule has 4 heteroatoms. The molecule has 3 nitrogen and oxygen atoms in total. The normalized spacial score (nSPS) is 14.9. The molecular weight excluding hydrogens is 195 g/mol. The molecular formula is C11H17FN2O. The topological polar surface area (TPSA) is 45.1 Å². The summed E-state index contributed by atoms with van der Waals surface area (Å²) in [4.78, 5) is 3.99. The third kappa shape index (κ3) is 3.93. The van der Waals surface area contributed by atoms with Gasteiger partial charge in [-0.2, -0.15) is 0 Å². The first kappa shape index (κ1) is 12.1. The molecule has 0 radical (unpaired) electrons. The Labute approximate surface area is 89.4 Å². The van der Waals surface area contributed by atoms with E-state index < -0.39 is 0 Å². The van der Waals surface area contributed by atoms with Gasteiger partial charge in [0.25, 0.3) is 0 Å². The lowest BCUT2D eigenvalue weighted by molar-refractivity contribution is 0.264. The molecule has 0 aromatic carbocycles. The zero-order valence-corrected chi connectivity index (χ0v) is 9.07. The molecule has 2 unspecified atom stereocenters. The fourth-order valence-electron chi connectivity index (χ4n) is 1.43. The van der Waals surface area contributed by atoms with Gasteiger partial charge in [-0.25, -0.2) is 4.39 Å². The van der Waals surface area contributed by atoms with Crippen molar-refractivity contribution in [2.24, 2.45) is 0 Å². The van der Waals surface area contributed by atoms with Gasteiger partial charge in [-0.3, -0.25) is 4.98 Å². The van der Waals surface area contributed by atoms with E-state index in [2.05, 4.69) is 10.3 Å². The second-order valence-corrected chi connectivity index (χ2v) is 3.70. The Bertz CT molecular complexity index is 289. The fraction of sp³-hybridized carbons (Fsp3) is 0.545. The van der Waals surface area contributed by atoms with Crippen LogP contribution in [0.25, 0.3) is 0 Å². The lowest BCUT2D eigenvalue weighted by atomic mass is 10.1. The van der Waals surface area contributed by atoms with E-state index in [1.165, 1.54) is 12.3 Å². The summed E-state index contributed by atoms with van der Waals surface area (Å²) in [5.41, 5.74) is 0.807. The lowest BCUT2D eigenvalue weighted by Crippen LogP contribution is -2.30. The van der Waals surface area contributed by atoms with E-state index in [4.69, 9.17) is 5.11 Å². The van der Waals surface area contributed by atoms with Crippen molar-refractivity contribution in [2.75, 3.05) is 6.61 Å². The number of aromatic nitrogens is 1. The predicted molar refractivity (Wildman–Crippen MR) is 56.9 cm³/mol. The molecule has 0 spiro atoms. The van der Waals surface area contributed by atoms with E-state index in [9.17, 15) is 4.39 Å². The van der Waals surface area contributed by atoms with Crippen LogP contribution in [0.5, 0.6) is 0 Å². The van der Waals surface area contributed by atoms with Gasteiger partial charge in [-0.05, 0) is 32.4 Å². The van der Waals surface area contributed by atoms with Crippen molar-refractivity contribution in [1.82, 2.24) is 10.3 Å². The van der Waals surface area contributed by atoms with E-state index >= 15 is 0 Å². The van der Waals surface area contributed by atoms with Gasteiger partial charge in [-0.1, -0.05) is 0 Å². The molecule has 15 heavy (non-hydrogen) atoms. The van der Waals surface area contributed by atoms with Gasteiger partial charge in [-0.15, -0.1) is 0 Å². The Morgan fingerprint density at radius 1 is 1.47 bits per heavy atom. The molecule has 0 fully saturated rings. The maximum Gasteiger partial charge on any atom is 0.141 e. The summed E-state index contributed by atoms with van der Waals surface area (Å²) in [6.07, 6.45) is 1.91. The number of aliphatic hydroxyl groups is 1. The molecule has 0 saturated carbocycles. The summed E-state index contributed by atoms with van der Waals surface area (Å²) in [7, 11) is 0. The van der Waals surface area contributed by atoms with Crippen LogP contribution >= 0.6 is 0 Å². The zero-order chi connectivity index (χ0) is 11.3. The van der Waals surface area contributed by atoms with Crippen LogP contribution in [0.4, 0.5) is 4.39 Å². The van der Waals surface area contributed by atoms with Crippen LogP contribution in [0, 0.1) is 5.82 Å². The standard InChI is InChI=1S/C11H17FN2O/c1-8(5-6-15)14-9(2)11-4-3-10(12)7-13-11/h3-4,7-9,14-15H,5-6H2,1-2H3. The smallest absolute Gasteiger partial charge is 0.141 e. The van der Waals surface area contributed by atoms with Crippen LogP contribution in [0.1, 0.15) is 32.0 Å². The Morgan fingerprint density at radius 3 is 2.73 bits per heavy atom. The molecule has 0 aliphatic heterocycles. The molecule has 1 aromatic rings. The first-order valence-electron chi connectivity index (χ1n) is 5.12. The summed E-state index contributed by atoms with van der Waals surface area (Å²) in [5, 5.41) is 12.0. The van der Waals surface area contributed by atoms with Gasteiger partial charge in [0.05, 0.1) is 11.9 Å². The van der Waals surface area contributed by atoms with Gasteiger partial charge < -0.3 is 10.4 Å². The third-order valence-corrected chi connectivity index (χ3v) is 2.29. The van der Waals surface area contributed by atoms with Crippen LogP contribution in [0.2, 0.25) is 0 Å². The maximum absolute atomic E-state index is 12.6. The van der Waals surface area contributed by atoms with Crippen LogP contribution in [-0.2, 0) is 0 Å². The molecule has 0 aliphatic rings. The number of nitrogens with one attached hydrogen (secondary N) is 1. The van der Waals surface area contributed by atoms with Gasteiger partial charge >= 0.3 is 0 Å². The van der Waals surface area contributed by atoms with Crippen LogP contribution < -0.4 is 5.32 Å². The highest BCUT2D eigenvalue weighted by molar-refractivity contribution is 5.09. The monoisotopic (exact) mass is 212 g/mol. The molecule has 1 aromatic heterocycles. The molecule has 1 heterocycles. The van der Waals surface area contributed by atoms with Crippen molar-refractivity contribution in [3.8, 4) is 0 Å².